The smallest absolute Gasteiger partial charge is 0.254 e. The molecule has 0 unspecified atom stereocenters. The van der Waals surface area contributed by atoms with Crippen LogP contribution in [-0.2, 0) is 0 Å². The zero-order chi connectivity index (χ0) is 15.0. The first kappa shape index (κ1) is 13.8. The highest BCUT2D eigenvalue weighted by atomic mass is 16.2. The standard InChI is InChI=1S/C18H20N2O/c1-4-9-20(11-14-5-6-14)18(21)15-7-8-17-16(10-15)12(2)13(3)19-17/h1,7-8,10,14,19H,5-6,9,11H2,2-3H3. The van der Waals surface area contributed by atoms with Crippen LogP contribution in [0.2, 0.25) is 0 Å². The molecule has 21 heavy (non-hydrogen) atoms. The molecule has 0 spiro atoms. The van der Waals surface area contributed by atoms with Crippen molar-refractivity contribution in [3.05, 3.63) is 35.0 Å². The first-order valence-electron chi connectivity index (χ1n) is 7.42. The number of carbonyl (C=O) groups excluding carboxylic acids is 1. The van der Waals surface area contributed by atoms with Gasteiger partial charge in [-0.2, -0.15) is 0 Å². The van der Waals surface area contributed by atoms with Crippen LogP contribution in [0.15, 0.2) is 18.2 Å². The molecule has 1 aromatic carbocycles. The fourth-order valence-corrected chi connectivity index (χ4v) is 2.72. The number of fused-ring (bicyclic) bond motifs is 1. The lowest BCUT2D eigenvalue weighted by molar-refractivity contribution is 0.0770. The Balaban J connectivity index is 1.91. The summed E-state index contributed by atoms with van der Waals surface area (Å²) in [5, 5.41) is 1.12. The first-order chi connectivity index (χ1) is 10.1. The summed E-state index contributed by atoms with van der Waals surface area (Å²) in [4.78, 5) is 17.8. The Labute approximate surface area is 125 Å². The summed E-state index contributed by atoms with van der Waals surface area (Å²) in [5.41, 5.74) is 4.14. The molecule has 3 heteroatoms. The van der Waals surface area contributed by atoms with Gasteiger partial charge in [-0.25, -0.2) is 0 Å². The van der Waals surface area contributed by atoms with E-state index in [2.05, 4.69) is 24.8 Å². The second-order valence-corrected chi connectivity index (χ2v) is 5.97. The molecule has 1 N–H and O–H groups in total. The maximum Gasteiger partial charge on any atom is 0.254 e. The average molecular weight is 280 g/mol. The number of nitrogens with one attached hydrogen (secondary N) is 1. The van der Waals surface area contributed by atoms with Crippen molar-refractivity contribution < 1.29 is 4.79 Å². The molecule has 0 radical (unpaired) electrons. The third-order valence-electron chi connectivity index (χ3n) is 4.30. The molecule has 3 nitrogen and oxygen atoms in total. The molecular weight excluding hydrogens is 260 g/mol. The van der Waals surface area contributed by atoms with Gasteiger partial charge in [0, 0.05) is 28.7 Å². The lowest BCUT2D eigenvalue weighted by Crippen LogP contribution is -2.33. The molecule has 3 rings (SSSR count). The van der Waals surface area contributed by atoms with Gasteiger partial charge < -0.3 is 9.88 Å². The molecule has 1 aliphatic carbocycles. The van der Waals surface area contributed by atoms with Crippen molar-refractivity contribution in [3.8, 4) is 12.3 Å². The molecule has 2 aromatic rings. The highest BCUT2D eigenvalue weighted by Gasteiger charge is 2.27. The van der Waals surface area contributed by atoms with Crippen LogP contribution in [0.3, 0.4) is 0 Å². The molecule has 0 aliphatic heterocycles. The predicted molar refractivity (Wildman–Crippen MR) is 85.2 cm³/mol. The molecule has 0 atom stereocenters. The number of amides is 1. The van der Waals surface area contributed by atoms with Crippen LogP contribution in [0.4, 0.5) is 0 Å². The predicted octanol–water partition coefficient (Wildman–Crippen LogP) is 3.27. The van der Waals surface area contributed by atoms with Gasteiger partial charge in [0.15, 0.2) is 0 Å². The van der Waals surface area contributed by atoms with E-state index in [1.165, 1.54) is 18.4 Å². The van der Waals surface area contributed by atoms with Gasteiger partial charge >= 0.3 is 0 Å². The second kappa shape index (κ2) is 5.29. The van der Waals surface area contributed by atoms with E-state index in [9.17, 15) is 4.79 Å². The van der Waals surface area contributed by atoms with E-state index in [0.717, 1.165) is 28.7 Å². The molecule has 0 bridgehead atoms. The third-order valence-corrected chi connectivity index (χ3v) is 4.30. The number of nitrogens with zero attached hydrogens (tertiary/aromatic N) is 1. The van der Waals surface area contributed by atoms with Gasteiger partial charge in [-0.15, -0.1) is 6.42 Å². The van der Waals surface area contributed by atoms with Crippen LogP contribution < -0.4 is 0 Å². The Morgan fingerprint density at radius 3 is 2.86 bits per heavy atom. The molecule has 1 aliphatic rings. The number of rotatable bonds is 4. The quantitative estimate of drug-likeness (QED) is 0.857. The Kier molecular flexibility index (Phi) is 3.47. The highest BCUT2D eigenvalue weighted by Crippen LogP contribution is 2.30. The third kappa shape index (κ3) is 2.67. The van der Waals surface area contributed by atoms with E-state index in [0.29, 0.717) is 12.5 Å². The first-order valence-corrected chi connectivity index (χ1v) is 7.42. The van der Waals surface area contributed by atoms with E-state index in [1.807, 2.05) is 18.2 Å². The monoisotopic (exact) mass is 280 g/mol. The SMILES string of the molecule is C#CCN(CC1CC1)C(=O)c1ccc2[nH]c(C)c(C)c2c1. The fraction of sp³-hybridized carbons (Fsp3) is 0.389. The minimum Gasteiger partial charge on any atom is -0.358 e. The van der Waals surface area contributed by atoms with Crippen LogP contribution in [0.1, 0.15) is 34.5 Å². The van der Waals surface area contributed by atoms with E-state index >= 15 is 0 Å². The van der Waals surface area contributed by atoms with Crippen molar-refractivity contribution in [2.75, 3.05) is 13.1 Å². The maximum absolute atomic E-state index is 12.7. The molecular formula is C18H20N2O. The number of aromatic amines is 1. The van der Waals surface area contributed by atoms with Crippen molar-refractivity contribution in [2.24, 2.45) is 5.92 Å². The van der Waals surface area contributed by atoms with E-state index in [-0.39, 0.29) is 5.91 Å². The zero-order valence-corrected chi connectivity index (χ0v) is 12.6. The van der Waals surface area contributed by atoms with Crippen LogP contribution in [0, 0.1) is 32.1 Å². The van der Waals surface area contributed by atoms with Crippen LogP contribution in [-0.4, -0.2) is 28.9 Å². The number of hydrogen-bond donors (Lipinski definition) is 1. The molecule has 1 heterocycles. The van der Waals surface area contributed by atoms with Crippen molar-refractivity contribution >= 4 is 16.8 Å². The molecule has 0 saturated heterocycles. The largest absolute Gasteiger partial charge is 0.358 e. The van der Waals surface area contributed by atoms with Crippen LogP contribution in [0.5, 0.6) is 0 Å². The minimum absolute atomic E-state index is 0.0417. The van der Waals surface area contributed by atoms with Gasteiger partial charge in [0.25, 0.3) is 5.91 Å². The van der Waals surface area contributed by atoms with E-state index in [4.69, 9.17) is 6.42 Å². The highest BCUT2D eigenvalue weighted by molar-refractivity contribution is 5.99. The molecule has 108 valence electrons. The number of aryl methyl sites for hydroxylation is 2. The molecule has 1 saturated carbocycles. The Morgan fingerprint density at radius 2 is 2.19 bits per heavy atom. The van der Waals surface area contributed by atoms with Gasteiger partial charge in [-0.05, 0) is 56.4 Å². The summed E-state index contributed by atoms with van der Waals surface area (Å²) < 4.78 is 0. The van der Waals surface area contributed by atoms with Crippen molar-refractivity contribution in [1.82, 2.24) is 9.88 Å². The number of carbonyl (C=O) groups is 1. The van der Waals surface area contributed by atoms with Crippen molar-refractivity contribution in [3.63, 3.8) is 0 Å². The topological polar surface area (TPSA) is 36.1 Å². The molecule has 1 aromatic heterocycles. The zero-order valence-electron chi connectivity index (χ0n) is 12.6. The number of aromatic nitrogens is 1. The van der Waals surface area contributed by atoms with Crippen molar-refractivity contribution in [1.29, 1.82) is 0 Å². The van der Waals surface area contributed by atoms with E-state index < -0.39 is 0 Å². The Bertz CT molecular complexity index is 731. The summed E-state index contributed by atoms with van der Waals surface area (Å²) in [7, 11) is 0. The van der Waals surface area contributed by atoms with Gasteiger partial charge in [-0.3, -0.25) is 4.79 Å². The maximum atomic E-state index is 12.7. The average Bonchev–Trinajstić information content (AvgIpc) is 3.25. The Morgan fingerprint density at radius 1 is 1.43 bits per heavy atom. The summed E-state index contributed by atoms with van der Waals surface area (Å²) in [6.07, 6.45) is 7.83. The number of benzene rings is 1. The Hall–Kier alpha value is -2.21. The van der Waals surface area contributed by atoms with Gasteiger partial charge in [-0.1, -0.05) is 5.92 Å². The second-order valence-electron chi connectivity index (χ2n) is 5.97. The normalized spacial score (nSPS) is 14.1. The summed E-state index contributed by atoms with van der Waals surface area (Å²) in [5.74, 6) is 3.29. The van der Waals surface area contributed by atoms with Crippen molar-refractivity contribution in [2.45, 2.75) is 26.7 Å². The lowest BCUT2D eigenvalue weighted by atomic mass is 10.1. The van der Waals surface area contributed by atoms with Gasteiger partial charge in [0.05, 0.1) is 6.54 Å². The minimum atomic E-state index is 0.0417. The number of H-pyrrole nitrogens is 1. The lowest BCUT2D eigenvalue weighted by Gasteiger charge is -2.20. The number of hydrogen-bond acceptors (Lipinski definition) is 1. The molecule has 1 fully saturated rings. The van der Waals surface area contributed by atoms with Crippen LogP contribution in [0.25, 0.3) is 10.9 Å². The van der Waals surface area contributed by atoms with E-state index in [1.54, 1.807) is 4.90 Å². The van der Waals surface area contributed by atoms with Crippen LogP contribution >= 0.6 is 0 Å². The molecule has 1 amide bonds. The van der Waals surface area contributed by atoms with Gasteiger partial charge in [0.2, 0.25) is 0 Å². The summed E-state index contributed by atoms with van der Waals surface area (Å²) in [6.45, 7) is 5.30. The fourth-order valence-electron chi connectivity index (χ4n) is 2.72. The summed E-state index contributed by atoms with van der Waals surface area (Å²) >= 11 is 0. The summed E-state index contributed by atoms with van der Waals surface area (Å²) in [6, 6.07) is 5.84. The van der Waals surface area contributed by atoms with Gasteiger partial charge in [0.1, 0.15) is 0 Å². The number of terminal acetylenes is 1.